The minimum absolute atomic E-state index is 0.0273. The Hall–Kier alpha value is -0.430. The predicted octanol–water partition coefficient (Wildman–Crippen LogP) is 2.31. The van der Waals surface area contributed by atoms with Crippen molar-refractivity contribution < 1.29 is 4.79 Å². The van der Waals surface area contributed by atoms with Crippen LogP contribution in [0.4, 0.5) is 0 Å². The molecule has 108 valence electrons. The molecule has 0 fully saturated rings. The van der Waals surface area contributed by atoms with Gasteiger partial charge in [-0.25, -0.2) is 0 Å². The number of nitrogens with zero attached hydrogens (tertiary/aromatic N) is 2. The Morgan fingerprint density at radius 3 is 2.47 bits per heavy atom. The molecule has 2 atom stereocenters. The first-order chi connectivity index (χ1) is 8.86. The molecule has 0 spiro atoms. The van der Waals surface area contributed by atoms with Crippen LogP contribution >= 0.6 is 27.3 Å². The maximum Gasteiger partial charge on any atom is 0.236 e. The van der Waals surface area contributed by atoms with E-state index in [-0.39, 0.29) is 18.0 Å². The summed E-state index contributed by atoms with van der Waals surface area (Å²) in [5, 5.41) is 0. The molecule has 1 aromatic heterocycles. The van der Waals surface area contributed by atoms with Gasteiger partial charge in [0, 0.05) is 25.0 Å². The van der Waals surface area contributed by atoms with Gasteiger partial charge in [0.15, 0.2) is 0 Å². The molecule has 1 rings (SSSR count). The third kappa shape index (κ3) is 4.56. The highest BCUT2D eigenvalue weighted by Gasteiger charge is 2.26. The van der Waals surface area contributed by atoms with Crippen LogP contribution in [0.15, 0.2) is 15.9 Å². The van der Waals surface area contributed by atoms with Gasteiger partial charge in [0.25, 0.3) is 0 Å². The first kappa shape index (κ1) is 16.6. The van der Waals surface area contributed by atoms with Crippen molar-refractivity contribution in [1.82, 2.24) is 9.80 Å². The standard InChI is InChI=1S/C13H22BrN3OS/c1-5-17(8-12(18)16(3)4)13(9(2)15)10-6-7-11(14)19-10/h6-7,9,13H,5,8,15H2,1-4H3. The number of hydrogen-bond donors (Lipinski definition) is 1. The van der Waals surface area contributed by atoms with Crippen molar-refractivity contribution >= 4 is 33.2 Å². The van der Waals surface area contributed by atoms with Crippen molar-refractivity contribution in [2.24, 2.45) is 5.73 Å². The molecule has 1 amide bonds. The Kier molecular flexibility index (Phi) is 6.46. The minimum atomic E-state index is -0.0273. The summed E-state index contributed by atoms with van der Waals surface area (Å²) in [5.74, 6) is 0.100. The van der Waals surface area contributed by atoms with Gasteiger partial charge in [-0.05, 0) is 41.5 Å². The maximum absolute atomic E-state index is 11.9. The lowest BCUT2D eigenvalue weighted by atomic mass is 10.1. The summed E-state index contributed by atoms with van der Waals surface area (Å²) in [5.41, 5.74) is 6.13. The molecule has 4 nitrogen and oxygen atoms in total. The fourth-order valence-corrected chi connectivity index (χ4v) is 3.66. The number of amides is 1. The second kappa shape index (κ2) is 7.38. The lowest BCUT2D eigenvalue weighted by Crippen LogP contribution is -2.44. The van der Waals surface area contributed by atoms with Crippen LogP contribution in [0.5, 0.6) is 0 Å². The van der Waals surface area contributed by atoms with E-state index in [0.29, 0.717) is 6.54 Å². The van der Waals surface area contributed by atoms with E-state index in [1.54, 1.807) is 30.3 Å². The zero-order valence-electron chi connectivity index (χ0n) is 11.9. The topological polar surface area (TPSA) is 49.6 Å². The summed E-state index contributed by atoms with van der Waals surface area (Å²) in [7, 11) is 3.55. The van der Waals surface area contributed by atoms with Crippen LogP contribution in [-0.4, -0.2) is 48.9 Å². The molecule has 0 saturated carbocycles. The highest BCUT2D eigenvalue weighted by molar-refractivity contribution is 9.11. The molecule has 2 N–H and O–H groups in total. The third-order valence-electron chi connectivity index (χ3n) is 3.02. The molecule has 1 heterocycles. The van der Waals surface area contributed by atoms with Crippen LogP contribution in [0.1, 0.15) is 24.8 Å². The Bertz CT molecular complexity index is 420. The number of carbonyl (C=O) groups excluding carboxylic acids is 1. The van der Waals surface area contributed by atoms with Crippen LogP contribution in [0.3, 0.4) is 0 Å². The van der Waals surface area contributed by atoms with Gasteiger partial charge < -0.3 is 10.6 Å². The smallest absolute Gasteiger partial charge is 0.236 e. The van der Waals surface area contributed by atoms with E-state index in [0.717, 1.165) is 10.3 Å². The van der Waals surface area contributed by atoms with Crippen molar-refractivity contribution in [1.29, 1.82) is 0 Å². The van der Waals surface area contributed by atoms with E-state index in [1.807, 2.05) is 13.0 Å². The van der Waals surface area contributed by atoms with Crippen molar-refractivity contribution in [3.63, 3.8) is 0 Å². The van der Waals surface area contributed by atoms with E-state index in [9.17, 15) is 4.79 Å². The zero-order chi connectivity index (χ0) is 14.6. The fourth-order valence-electron chi connectivity index (χ4n) is 1.98. The quantitative estimate of drug-likeness (QED) is 0.858. The lowest BCUT2D eigenvalue weighted by molar-refractivity contribution is -0.130. The van der Waals surface area contributed by atoms with Gasteiger partial charge in [0.05, 0.1) is 16.4 Å². The van der Waals surface area contributed by atoms with Gasteiger partial charge in [-0.15, -0.1) is 11.3 Å². The summed E-state index contributed by atoms with van der Waals surface area (Å²) in [4.78, 5) is 16.8. The molecule has 0 aliphatic rings. The minimum Gasteiger partial charge on any atom is -0.348 e. The fraction of sp³-hybridized carbons (Fsp3) is 0.615. The number of hydrogen-bond acceptors (Lipinski definition) is 4. The predicted molar refractivity (Wildman–Crippen MR) is 84.4 cm³/mol. The summed E-state index contributed by atoms with van der Waals surface area (Å²) in [6.07, 6.45) is 0. The molecule has 0 saturated heterocycles. The number of nitrogens with two attached hydrogens (primary N) is 1. The highest BCUT2D eigenvalue weighted by atomic mass is 79.9. The first-order valence-electron chi connectivity index (χ1n) is 6.31. The Morgan fingerprint density at radius 2 is 2.11 bits per heavy atom. The van der Waals surface area contributed by atoms with E-state index in [4.69, 9.17) is 5.73 Å². The summed E-state index contributed by atoms with van der Waals surface area (Å²) < 4.78 is 1.09. The van der Waals surface area contributed by atoms with Gasteiger partial charge in [-0.3, -0.25) is 9.69 Å². The Labute approximate surface area is 127 Å². The number of carbonyl (C=O) groups is 1. The number of likely N-dealkylation sites (N-methyl/N-ethyl adjacent to an activating group) is 2. The van der Waals surface area contributed by atoms with Crippen LogP contribution in [0.25, 0.3) is 0 Å². The van der Waals surface area contributed by atoms with Crippen molar-refractivity contribution in [2.75, 3.05) is 27.2 Å². The van der Waals surface area contributed by atoms with Gasteiger partial charge >= 0.3 is 0 Å². The maximum atomic E-state index is 11.9. The number of halogens is 1. The largest absolute Gasteiger partial charge is 0.348 e. The molecule has 0 radical (unpaired) electrons. The third-order valence-corrected chi connectivity index (χ3v) is 4.71. The molecule has 19 heavy (non-hydrogen) atoms. The highest BCUT2D eigenvalue weighted by Crippen LogP contribution is 2.32. The second-order valence-corrected chi connectivity index (χ2v) is 7.29. The van der Waals surface area contributed by atoms with E-state index < -0.39 is 0 Å². The van der Waals surface area contributed by atoms with Crippen LogP contribution < -0.4 is 5.73 Å². The molecule has 0 aromatic carbocycles. The molecular formula is C13H22BrN3OS. The first-order valence-corrected chi connectivity index (χ1v) is 7.92. The zero-order valence-corrected chi connectivity index (χ0v) is 14.3. The summed E-state index contributed by atoms with van der Waals surface area (Å²) in [6.45, 7) is 5.23. The van der Waals surface area contributed by atoms with Crippen molar-refractivity contribution in [3.8, 4) is 0 Å². The normalized spacial score (nSPS) is 14.5. The van der Waals surface area contributed by atoms with E-state index in [1.165, 1.54) is 4.88 Å². The van der Waals surface area contributed by atoms with Gasteiger partial charge in [0.1, 0.15) is 0 Å². The Morgan fingerprint density at radius 1 is 1.47 bits per heavy atom. The monoisotopic (exact) mass is 347 g/mol. The second-order valence-electron chi connectivity index (χ2n) is 4.80. The average molecular weight is 348 g/mol. The molecule has 6 heteroatoms. The van der Waals surface area contributed by atoms with Gasteiger partial charge in [0.2, 0.25) is 5.91 Å². The van der Waals surface area contributed by atoms with Crippen molar-refractivity contribution in [2.45, 2.75) is 25.9 Å². The number of rotatable bonds is 6. The van der Waals surface area contributed by atoms with Gasteiger partial charge in [-0.2, -0.15) is 0 Å². The number of thiophene rings is 1. The van der Waals surface area contributed by atoms with E-state index in [2.05, 4.69) is 33.8 Å². The average Bonchev–Trinajstić information content (AvgIpc) is 2.73. The molecule has 0 aliphatic carbocycles. The lowest BCUT2D eigenvalue weighted by Gasteiger charge is -2.32. The summed E-state index contributed by atoms with van der Waals surface area (Å²) in [6, 6.07) is 4.15. The van der Waals surface area contributed by atoms with Crippen molar-refractivity contribution in [3.05, 3.63) is 20.8 Å². The van der Waals surface area contributed by atoms with Crippen LogP contribution in [0.2, 0.25) is 0 Å². The van der Waals surface area contributed by atoms with Gasteiger partial charge in [-0.1, -0.05) is 6.92 Å². The molecule has 2 unspecified atom stereocenters. The molecular weight excluding hydrogens is 326 g/mol. The molecule has 0 bridgehead atoms. The molecule has 1 aromatic rings. The van der Waals surface area contributed by atoms with E-state index >= 15 is 0 Å². The SMILES string of the molecule is CCN(CC(=O)N(C)C)C(c1ccc(Br)s1)C(C)N. The Balaban J connectivity index is 2.92. The molecule has 0 aliphatic heterocycles. The van der Waals surface area contributed by atoms with Crippen LogP contribution in [-0.2, 0) is 4.79 Å². The summed E-state index contributed by atoms with van der Waals surface area (Å²) >= 11 is 5.15. The van der Waals surface area contributed by atoms with Crippen LogP contribution in [0, 0.1) is 0 Å².